The Bertz CT molecular complexity index is 396. The molecule has 0 aliphatic heterocycles. The van der Waals surface area contributed by atoms with Crippen molar-refractivity contribution in [2.45, 2.75) is 0 Å². The zero-order chi connectivity index (χ0) is 7.84. The van der Waals surface area contributed by atoms with Crippen molar-refractivity contribution < 1.29 is 9.50 Å². The van der Waals surface area contributed by atoms with Crippen LogP contribution in [-0.4, -0.2) is 14.5 Å². The van der Waals surface area contributed by atoms with Crippen molar-refractivity contribution in [2.75, 3.05) is 0 Å². The van der Waals surface area contributed by atoms with Crippen molar-refractivity contribution >= 4 is 5.65 Å². The Balaban J connectivity index is 2.92. The highest BCUT2D eigenvalue weighted by atomic mass is 19.1. The van der Waals surface area contributed by atoms with Crippen molar-refractivity contribution in [3.05, 3.63) is 30.3 Å². The molecule has 0 aromatic carbocycles. The van der Waals surface area contributed by atoms with E-state index in [9.17, 15) is 4.39 Å². The van der Waals surface area contributed by atoms with E-state index >= 15 is 0 Å². The summed E-state index contributed by atoms with van der Waals surface area (Å²) in [7, 11) is 0. The molecule has 0 saturated heterocycles. The molecule has 2 aromatic heterocycles. The van der Waals surface area contributed by atoms with Gasteiger partial charge in [0.15, 0.2) is 0 Å². The van der Waals surface area contributed by atoms with Crippen molar-refractivity contribution in [3.63, 3.8) is 0 Å². The molecule has 3 nitrogen and oxygen atoms in total. The lowest BCUT2D eigenvalue weighted by molar-refractivity contribution is 0.404. The van der Waals surface area contributed by atoms with Gasteiger partial charge in [0.1, 0.15) is 5.65 Å². The summed E-state index contributed by atoms with van der Waals surface area (Å²) in [5, 5.41) is 9.02. The second-order valence-electron chi connectivity index (χ2n) is 2.16. The summed E-state index contributed by atoms with van der Waals surface area (Å²) in [6.07, 6.45) is 1.54. The van der Waals surface area contributed by atoms with Crippen LogP contribution in [0.15, 0.2) is 24.4 Å². The normalized spacial score (nSPS) is 10.6. The number of aromatic hydroxyl groups is 1. The van der Waals surface area contributed by atoms with Crippen LogP contribution in [0.1, 0.15) is 0 Å². The summed E-state index contributed by atoms with van der Waals surface area (Å²) in [4.78, 5) is 3.46. The van der Waals surface area contributed by atoms with Crippen LogP contribution in [-0.2, 0) is 0 Å². The molecule has 0 saturated carbocycles. The van der Waals surface area contributed by atoms with E-state index in [1.54, 1.807) is 24.4 Å². The molecule has 0 radical (unpaired) electrons. The van der Waals surface area contributed by atoms with Crippen molar-refractivity contribution in [1.82, 2.24) is 9.38 Å². The maximum absolute atomic E-state index is 12.6. The number of imidazole rings is 1. The molecular weight excluding hydrogens is 147 g/mol. The van der Waals surface area contributed by atoms with Crippen LogP contribution in [0.5, 0.6) is 5.88 Å². The number of rotatable bonds is 0. The molecule has 11 heavy (non-hydrogen) atoms. The van der Waals surface area contributed by atoms with Gasteiger partial charge in [-0.25, -0.2) is 0 Å². The minimum Gasteiger partial charge on any atom is -0.491 e. The maximum atomic E-state index is 12.6. The molecule has 56 valence electrons. The van der Waals surface area contributed by atoms with E-state index in [1.807, 2.05) is 0 Å². The Hall–Kier alpha value is -1.58. The van der Waals surface area contributed by atoms with Crippen LogP contribution in [0.3, 0.4) is 0 Å². The van der Waals surface area contributed by atoms with Gasteiger partial charge in [0.2, 0.25) is 0 Å². The topological polar surface area (TPSA) is 37.5 Å². The van der Waals surface area contributed by atoms with E-state index in [2.05, 4.69) is 4.98 Å². The molecule has 0 amide bonds. The van der Waals surface area contributed by atoms with E-state index < -0.39 is 11.8 Å². The first-order valence-electron chi connectivity index (χ1n) is 3.10. The molecular formula is C7H5FN2O. The van der Waals surface area contributed by atoms with E-state index in [-0.39, 0.29) is 0 Å². The van der Waals surface area contributed by atoms with Crippen molar-refractivity contribution in [1.29, 1.82) is 0 Å². The summed E-state index contributed by atoms with van der Waals surface area (Å²) in [6.45, 7) is 0. The van der Waals surface area contributed by atoms with Crippen LogP contribution in [0, 0.1) is 5.95 Å². The van der Waals surface area contributed by atoms with Gasteiger partial charge in [0, 0.05) is 6.20 Å². The number of hydrogen-bond donors (Lipinski definition) is 1. The third-order valence-corrected chi connectivity index (χ3v) is 1.46. The first kappa shape index (κ1) is 6.15. The largest absolute Gasteiger partial charge is 0.491 e. The lowest BCUT2D eigenvalue weighted by atomic mass is 10.5. The summed E-state index contributed by atoms with van der Waals surface area (Å²) in [5.74, 6) is -1.28. The number of hydrogen-bond acceptors (Lipinski definition) is 2. The molecule has 0 spiro atoms. The SMILES string of the molecule is Oc1c(F)nc2ccccn12. The van der Waals surface area contributed by atoms with E-state index in [4.69, 9.17) is 5.11 Å². The fourth-order valence-electron chi connectivity index (χ4n) is 0.954. The van der Waals surface area contributed by atoms with Crippen LogP contribution >= 0.6 is 0 Å². The first-order chi connectivity index (χ1) is 5.29. The van der Waals surface area contributed by atoms with E-state index in [0.29, 0.717) is 5.65 Å². The van der Waals surface area contributed by atoms with Gasteiger partial charge < -0.3 is 5.11 Å². The molecule has 0 aliphatic carbocycles. The molecule has 2 heterocycles. The average Bonchev–Trinajstić information content (AvgIpc) is 2.30. The quantitative estimate of drug-likeness (QED) is 0.615. The van der Waals surface area contributed by atoms with Crippen molar-refractivity contribution in [3.8, 4) is 5.88 Å². The molecule has 4 heteroatoms. The van der Waals surface area contributed by atoms with Gasteiger partial charge in [-0.2, -0.15) is 9.37 Å². The maximum Gasteiger partial charge on any atom is 0.276 e. The fourth-order valence-corrected chi connectivity index (χ4v) is 0.954. The van der Waals surface area contributed by atoms with Crippen LogP contribution in [0.2, 0.25) is 0 Å². The van der Waals surface area contributed by atoms with Gasteiger partial charge in [0.05, 0.1) is 0 Å². The van der Waals surface area contributed by atoms with Gasteiger partial charge in [-0.05, 0) is 12.1 Å². The molecule has 2 rings (SSSR count). The smallest absolute Gasteiger partial charge is 0.276 e. The molecule has 0 unspecified atom stereocenters. The highest BCUT2D eigenvalue weighted by molar-refractivity contribution is 5.41. The summed E-state index contributed by atoms with van der Waals surface area (Å²) in [6, 6.07) is 5.03. The molecule has 0 atom stereocenters. The van der Waals surface area contributed by atoms with E-state index in [0.717, 1.165) is 0 Å². The standard InChI is InChI=1S/C7H5FN2O/c8-6-7(11)10-4-2-1-3-5(10)9-6/h1-4,11H. The minimum atomic E-state index is -0.837. The number of aromatic nitrogens is 2. The highest BCUT2D eigenvalue weighted by Crippen LogP contribution is 2.15. The molecule has 0 aliphatic rings. The van der Waals surface area contributed by atoms with Gasteiger partial charge in [-0.1, -0.05) is 6.07 Å². The van der Waals surface area contributed by atoms with E-state index in [1.165, 1.54) is 4.40 Å². The lowest BCUT2D eigenvalue weighted by Crippen LogP contribution is -1.80. The third-order valence-electron chi connectivity index (χ3n) is 1.46. The lowest BCUT2D eigenvalue weighted by Gasteiger charge is -1.90. The Morgan fingerprint density at radius 2 is 2.27 bits per heavy atom. The van der Waals surface area contributed by atoms with Crippen LogP contribution in [0.4, 0.5) is 4.39 Å². The summed E-state index contributed by atoms with van der Waals surface area (Å²) >= 11 is 0. The fraction of sp³-hybridized carbons (Fsp3) is 0. The third kappa shape index (κ3) is 0.756. The van der Waals surface area contributed by atoms with Crippen LogP contribution < -0.4 is 0 Å². The predicted molar refractivity (Wildman–Crippen MR) is 36.8 cm³/mol. The summed E-state index contributed by atoms with van der Waals surface area (Å²) < 4.78 is 13.8. The number of pyridine rings is 1. The first-order valence-corrected chi connectivity index (χ1v) is 3.10. The summed E-state index contributed by atoms with van der Waals surface area (Å²) in [5.41, 5.74) is 0.405. The highest BCUT2D eigenvalue weighted by Gasteiger charge is 2.07. The van der Waals surface area contributed by atoms with Crippen molar-refractivity contribution in [2.24, 2.45) is 0 Å². The number of nitrogens with zero attached hydrogens (tertiary/aromatic N) is 2. The Labute approximate surface area is 61.7 Å². The van der Waals surface area contributed by atoms with Gasteiger partial charge in [-0.3, -0.25) is 4.40 Å². The van der Waals surface area contributed by atoms with Gasteiger partial charge in [-0.15, -0.1) is 0 Å². The second kappa shape index (κ2) is 1.95. The Morgan fingerprint density at radius 3 is 3.00 bits per heavy atom. The minimum absolute atomic E-state index is 0.405. The van der Waals surface area contributed by atoms with Gasteiger partial charge in [0.25, 0.3) is 11.8 Å². The molecule has 2 aromatic rings. The molecule has 0 fully saturated rings. The van der Waals surface area contributed by atoms with Crippen LogP contribution in [0.25, 0.3) is 5.65 Å². The molecule has 0 bridgehead atoms. The monoisotopic (exact) mass is 152 g/mol. The zero-order valence-electron chi connectivity index (χ0n) is 5.53. The molecule has 1 N–H and O–H groups in total. The average molecular weight is 152 g/mol. The van der Waals surface area contributed by atoms with Gasteiger partial charge >= 0.3 is 0 Å². The second-order valence-corrected chi connectivity index (χ2v) is 2.16. The predicted octanol–water partition coefficient (Wildman–Crippen LogP) is 1.18. The number of fused-ring (bicyclic) bond motifs is 1. The number of halogens is 1. The Kier molecular flexibility index (Phi) is 1.09. The zero-order valence-corrected chi connectivity index (χ0v) is 5.53. The Morgan fingerprint density at radius 1 is 1.45 bits per heavy atom.